The topological polar surface area (TPSA) is 79.8 Å². The molecule has 0 unspecified atom stereocenters. The van der Waals surface area contributed by atoms with Crippen LogP contribution < -0.4 is 0 Å². The third-order valence-corrected chi connectivity index (χ3v) is 2.47. The average molecular weight is 169 g/mol. The number of ether oxygens (including phenoxy) is 3. The maximum atomic E-state index is 8.29. The van der Waals surface area contributed by atoms with Crippen LogP contribution in [0.2, 0.25) is 0 Å². The van der Waals surface area contributed by atoms with Gasteiger partial charge < -0.3 is 14.2 Å². The van der Waals surface area contributed by atoms with Gasteiger partial charge in [0.25, 0.3) is 0 Å². The van der Waals surface area contributed by atoms with Crippen molar-refractivity contribution in [2.45, 2.75) is 30.6 Å². The first-order chi connectivity index (χ1) is 5.90. The van der Waals surface area contributed by atoms with Gasteiger partial charge in [-0.2, -0.15) is 0 Å². The summed E-state index contributed by atoms with van der Waals surface area (Å²) in [5.74, 6) is 0. The van der Waals surface area contributed by atoms with Crippen LogP contribution in [0.15, 0.2) is 5.11 Å². The maximum absolute atomic E-state index is 8.29. The van der Waals surface area contributed by atoms with E-state index in [2.05, 4.69) is 10.0 Å². The zero-order valence-corrected chi connectivity index (χ0v) is 6.16. The first-order valence-electron chi connectivity index (χ1n) is 3.87. The van der Waals surface area contributed by atoms with E-state index in [0.717, 1.165) is 0 Å². The van der Waals surface area contributed by atoms with E-state index in [1.54, 1.807) is 0 Å². The zero-order valence-electron chi connectivity index (χ0n) is 6.16. The van der Waals surface area contributed by atoms with Gasteiger partial charge in [0.2, 0.25) is 0 Å². The summed E-state index contributed by atoms with van der Waals surface area (Å²) < 4.78 is 15.9. The molecule has 0 aliphatic carbocycles. The maximum Gasteiger partial charge on any atom is 0.186 e. The lowest BCUT2D eigenvalue weighted by atomic mass is 10.1. The lowest BCUT2D eigenvalue weighted by molar-refractivity contribution is -0.0814. The van der Waals surface area contributed by atoms with Gasteiger partial charge in [-0.1, -0.05) is 5.11 Å². The Labute approximate surface area is 68.0 Å². The molecule has 2 bridgehead atoms. The minimum absolute atomic E-state index is 0.000694. The SMILES string of the molecule is [N-]=[N+]=N[C@H]1[C@@H]2O[C@@H]2[C@@H]2OC[C@H]1O2. The molecule has 0 N–H and O–H groups in total. The van der Waals surface area contributed by atoms with Gasteiger partial charge in [-0.3, -0.25) is 0 Å². The van der Waals surface area contributed by atoms with E-state index in [9.17, 15) is 0 Å². The molecule has 12 heavy (non-hydrogen) atoms. The molecule has 0 spiro atoms. The third kappa shape index (κ3) is 0.723. The van der Waals surface area contributed by atoms with Gasteiger partial charge in [-0.05, 0) is 5.53 Å². The average Bonchev–Trinajstić information content (AvgIpc) is 2.75. The Bertz CT molecular complexity index is 265. The first-order valence-corrected chi connectivity index (χ1v) is 3.87. The molecule has 0 aromatic heterocycles. The van der Waals surface area contributed by atoms with Crippen LogP contribution in [0.3, 0.4) is 0 Å². The van der Waals surface area contributed by atoms with Crippen molar-refractivity contribution >= 4 is 0 Å². The van der Waals surface area contributed by atoms with E-state index in [0.29, 0.717) is 6.61 Å². The molecule has 3 aliphatic rings. The Kier molecular flexibility index (Phi) is 1.18. The molecular weight excluding hydrogens is 162 g/mol. The summed E-state index contributed by atoms with van der Waals surface area (Å²) in [6.07, 6.45) is -0.286. The summed E-state index contributed by atoms with van der Waals surface area (Å²) in [4.78, 5) is 2.76. The highest BCUT2D eigenvalue weighted by molar-refractivity contribution is 5.06. The number of hydrogen-bond acceptors (Lipinski definition) is 4. The monoisotopic (exact) mass is 169 g/mol. The standard InChI is InChI=1S/C6H7N3O3/c7-9-8-3-2-1-10-6(11-2)5-4(3)12-5/h2-6H,1H2/t2-,3-,4+,5+,6-/m1/s1. The number of hydrogen-bond donors (Lipinski definition) is 0. The van der Waals surface area contributed by atoms with Gasteiger partial charge in [0.05, 0.1) is 18.8 Å². The van der Waals surface area contributed by atoms with Crippen molar-refractivity contribution in [2.24, 2.45) is 5.11 Å². The first kappa shape index (κ1) is 6.68. The van der Waals surface area contributed by atoms with Gasteiger partial charge >= 0.3 is 0 Å². The number of nitrogens with zero attached hydrogens (tertiary/aromatic N) is 3. The van der Waals surface area contributed by atoms with E-state index in [4.69, 9.17) is 19.7 Å². The van der Waals surface area contributed by atoms with Crippen LogP contribution in [0.1, 0.15) is 0 Å². The van der Waals surface area contributed by atoms with E-state index >= 15 is 0 Å². The highest BCUT2D eigenvalue weighted by atomic mass is 16.8. The number of epoxide rings is 1. The van der Waals surface area contributed by atoms with Crippen molar-refractivity contribution in [3.8, 4) is 0 Å². The van der Waals surface area contributed by atoms with Crippen molar-refractivity contribution in [3.63, 3.8) is 0 Å². The number of azide groups is 1. The summed E-state index contributed by atoms with van der Waals surface area (Å²) in [6.45, 7) is 0.519. The zero-order chi connectivity index (χ0) is 8.13. The van der Waals surface area contributed by atoms with Gasteiger partial charge in [-0.25, -0.2) is 0 Å². The van der Waals surface area contributed by atoms with Crippen LogP contribution >= 0.6 is 0 Å². The minimum atomic E-state index is -0.217. The lowest BCUT2D eigenvalue weighted by Gasteiger charge is -2.19. The fraction of sp³-hybridized carbons (Fsp3) is 1.00. The molecular formula is C6H7N3O3. The molecule has 0 aromatic carbocycles. The van der Waals surface area contributed by atoms with Crippen LogP contribution in [-0.4, -0.2) is 37.3 Å². The van der Waals surface area contributed by atoms with E-state index in [-0.39, 0.29) is 30.6 Å². The van der Waals surface area contributed by atoms with Crippen molar-refractivity contribution in [2.75, 3.05) is 6.61 Å². The quantitative estimate of drug-likeness (QED) is 0.243. The Balaban J connectivity index is 1.89. The van der Waals surface area contributed by atoms with Crippen molar-refractivity contribution < 1.29 is 14.2 Å². The molecule has 6 heteroatoms. The highest BCUT2D eigenvalue weighted by Gasteiger charge is 2.61. The van der Waals surface area contributed by atoms with Gasteiger partial charge in [0.1, 0.15) is 12.2 Å². The second-order valence-corrected chi connectivity index (χ2v) is 3.14. The molecule has 0 aromatic rings. The molecule has 3 fully saturated rings. The second kappa shape index (κ2) is 2.11. The summed E-state index contributed by atoms with van der Waals surface area (Å²) in [5.41, 5.74) is 8.29. The largest absolute Gasteiger partial charge is 0.363 e. The Hall–Kier alpha value is -0.810. The van der Waals surface area contributed by atoms with E-state index in [1.165, 1.54) is 0 Å². The molecule has 64 valence electrons. The third-order valence-electron chi connectivity index (χ3n) is 2.47. The summed E-state index contributed by atoms with van der Waals surface area (Å²) in [6, 6.07) is -0.196. The van der Waals surface area contributed by atoms with Crippen LogP contribution in [0, 0.1) is 0 Å². The summed E-state index contributed by atoms with van der Waals surface area (Å²) >= 11 is 0. The van der Waals surface area contributed by atoms with Crippen LogP contribution in [0.4, 0.5) is 0 Å². The number of fused-ring (bicyclic) bond motifs is 4. The molecule has 0 radical (unpaired) electrons. The summed E-state index contributed by atoms with van der Waals surface area (Å²) in [7, 11) is 0. The molecule has 6 nitrogen and oxygen atoms in total. The predicted octanol–water partition coefficient (Wildman–Crippen LogP) is 0.188. The molecule has 0 saturated carbocycles. The fourth-order valence-electron chi connectivity index (χ4n) is 1.83. The molecule has 0 amide bonds. The molecule has 5 atom stereocenters. The molecule has 3 saturated heterocycles. The molecule has 3 heterocycles. The minimum Gasteiger partial charge on any atom is -0.363 e. The predicted molar refractivity (Wildman–Crippen MR) is 36.2 cm³/mol. The van der Waals surface area contributed by atoms with Gasteiger partial charge in [-0.15, -0.1) is 0 Å². The molecule has 3 rings (SSSR count). The van der Waals surface area contributed by atoms with Gasteiger partial charge in [0, 0.05) is 4.91 Å². The lowest BCUT2D eigenvalue weighted by Crippen LogP contribution is -2.38. The van der Waals surface area contributed by atoms with E-state index < -0.39 is 0 Å². The Morgan fingerprint density at radius 2 is 2.25 bits per heavy atom. The van der Waals surface area contributed by atoms with Crippen LogP contribution in [-0.2, 0) is 14.2 Å². The van der Waals surface area contributed by atoms with Crippen molar-refractivity contribution in [3.05, 3.63) is 10.4 Å². The second-order valence-electron chi connectivity index (χ2n) is 3.14. The Morgan fingerprint density at radius 3 is 3.08 bits per heavy atom. The highest BCUT2D eigenvalue weighted by Crippen LogP contribution is 2.42. The van der Waals surface area contributed by atoms with Crippen molar-refractivity contribution in [1.82, 2.24) is 0 Å². The van der Waals surface area contributed by atoms with E-state index in [1.807, 2.05) is 0 Å². The fourth-order valence-corrected chi connectivity index (χ4v) is 1.83. The number of rotatable bonds is 1. The normalized spacial score (nSPS) is 54.2. The Morgan fingerprint density at radius 1 is 1.33 bits per heavy atom. The molecule has 3 aliphatic heterocycles. The van der Waals surface area contributed by atoms with Crippen LogP contribution in [0.25, 0.3) is 10.4 Å². The summed E-state index contributed by atoms with van der Waals surface area (Å²) in [5, 5.41) is 3.64. The van der Waals surface area contributed by atoms with Gasteiger partial charge in [0.15, 0.2) is 6.29 Å². The smallest absolute Gasteiger partial charge is 0.186 e. The van der Waals surface area contributed by atoms with Crippen LogP contribution in [0.5, 0.6) is 0 Å². The van der Waals surface area contributed by atoms with Crippen molar-refractivity contribution in [1.29, 1.82) is 0 Å².